The van der Waals surface area contributed by atoms with E-state index in [2.05, 4.69) is 25.1 Å². The molecule has 2 heterocycles. The number of rotatable bonds is 2. The summed E-state index contributed by atoms with van der Waals surface area (Å²) in [6, 6.07) is 7.10. The van der Waals surface area contributed by atoms with Crippen molar-refractivity contribution >= 4 is 52.2 Å². The molecule has 2 aromatic rings. The summed E-state index contributed by atoms with van der Waals surface area (Å²) < 4.78 is 0. The third-order valence-electron chi connectivity index (χ3n) is 3.52. The van der Waals surface area contributed by atoms with Gasteiger partial charge in [-0.15, -0.1) is 0 Å². The number of anilines is 2. The first kappa shape index (κ1) is 16.2. The van der Waals surface area contributed by atoms with Crippen LogP contribution in [0.1, 0.15) is 0 Å². The lowest BCUT2D eigenvalue weighted by molar-refractivity contribution is 0.388. The minimum Gasteiger partial charge on any atom is -0.345 e. The number of nitrogens with zero attached hydrogens (tertiary/aromatic N) is 4. The monoisotopic (exact) mass is 367 g/mol. The summed E-state index contributed by atoms with van der Waals surface area (Å²) in [5, 5.41) is 5.01. The molecule has 1 aliphatic rings. The Morgan fingerprint density at radius 2 is 1.61 bits per heavy atom. The van der Waals surface area contributed by atoms with Crippen LogP contribution < -0.4 is 10.2 Å². The van der Waals surface area contributed by atoms with Crippen molar-refractivity contribution in [3.63, 3.8) is 0 Å². The predicted octanol–water partition coefficient (Wildman–Crippen LogP) is 3.30. The first-order chi connectivity index (χ1) is 11.1. The molecule has 0 spiro atoms. The number of aromatic nitrogens is 2. The van der Waals surface area contributed by atoms with Crippen molar-refractivity contribution in [3.05, 3.63) is 46.7 Å². The fourth-order valence-corrected chi connectivity index (χ4v) is 3.22. The summed E-state index contributed by atoms with van der Waals surface area (Å²) in [7, 11) is 0. The molecule has 1 N–H and O–H groups in total. The highest BCUT2D eigenvalue weighted by molar-refractivity contribution is 7.80. The topological polar surface area (TPSA) is 44.3 Å². The zero-order valence-corrected chi connectivity index (χ0v) is 14.6. The fourth-order valence-electron chi connectivity index (χ4n) is 2.39. The Balaban J connectivity index is 1.58. The van der Waals surface area contributed by atoms with E-state index in [1.165, 1.54) is 0 Å². The van der Waals surface area contributed by atoms with Crippen LogP contribution in [0.25, 0.3) is 0 Å². The van der Waals surface area contributed by atoms with E-state index in [-0.39, 0.29) is 0 Å². The molecule has 23 heavy (non-hydrogen) atoms. The molecule has 0 aliphatic carbocycles. The van der Waals surface area contributed by atoms with E-state index in [0.29, 0.717) is 15.2 Å². The lowest BCUT2D eigenvalue weighted by Gasteiger charge is -2.36. The number of hydrogen-bond donors (Lipinski definition) is 1. The predicted molar refractivity (Wildman–Crippen MR) is 98.5 cm³/mol. The van der Waals surface area contributed by atoms with Gasteiger partial charge in [0.15, 0.2) is 5.11 Å². The van der Waals surface area contributed by atoms with Crippen molar-refractivity contribution in [2.75, 3.05) is 36.4 Å². The van der Waals surface area contributed by atoms with E-state index in [1.54, 1.807) is 30.6 Å². The Kier molecular flexibility index (Phi) is 5.15. The van der Waals surface area contributed by atoms with Crippen LogP contribution in [0.5, 0.6) is 0 Å². The minimum absolute atomic E-state index is 0.578. The molecule has 0 amide bonds. The highest BCUT2D eigenvalue weighted by atomic mass is 35.5. The molecule has 120 valence electrons. The van der Waals surface area contributed by atoms with Gasteiger partial charge in [-0.05, 0) is 36.5 Å². The lowest BCUT2D eigenvalue weighted by Crippen LogP contribution is -2.50. The largest absolute Gasteiger partial charge is 0.345 e. The Morgan fingerprint density at radius 3 is 2.22 bits per heavy atom. The van der Waals surface area contributed by atoms with Crippen LogP contribution in [0.15, 0.2) is 36.7 Å². The van der Waals surface area contributed by atoms with Crippen molar-refractivity contribution in [1.82, 2.24) is 14.9 Å². The van der Waals surface area contributed by atoms with Crippen molar-refractivity contribution in [2.45, 2.75) is 0 Å². The number of nitrogens with one attached hydrogen (secondary N) is 1. The maximum Gasteiger partial charge on any atom is 0.225 e. The second-order valence-corrected chi connectivity index (χ2v) is 6.37. The minimum atomic E-state index is 0.578. The van der Waals surface area contributed by atoms with E-state index in [1.807, 2.05) is 6.07 Å². The molecule has 0 unspecified atom stereocenters. The summed E-state index contributed by atoms with van der Waals surface area (Å²) in [6.07, 6.45) is 3.51. The molecule has 8 heteroatoms. The van der Waals surface area contributed by atoms with Gasteiger partial charge >= 0.3 is 0 Å². The number of benzene rings is 1. The van der Waals surface area contributed by atoms with Gasteiger partial charge in [-0.25, -0.2) is 9.97 Å². The number of hydrogen-bond acceptors (Lipinski definition) is 4. The highest BCUT2D eigenvalue weighted by Gasteiger charge is 2.20. The molecule has 1 saturated heterocycles. The van der Waals surface area contributed by atoms with Crippen LogP contribution in [-0.4, -0.2) is 46.2 Å². The maximum absolute atomic E-state index is 6.00. The Hall–Kier alpha value is -1.63. The van der Waals surface area contributed by atoms with Crippen LogP contribution in [0.2, 0.25) is 10.0 Å². The van der Waals surface area contributed by atoms with Gasteiger partial charge in [-0.3, -0.25) is 0 Å². The van der Waals surface area contributed by atoms with Crippen LogP contribution >= 0.6 is 35.4 Å². The molecule has 0 atom stereocenters. The second kappa shape index (κ2) is 7.29. The van der Waals surface area contributed by atoms with Gasteiger partial charge in [0.25, 0.3) is 0 Å². The average molecular weight is 368 g/mol. The molecule has 0 bridgehead atoms. The summed E-state index contributed by atoms with van der Waals surface area (Å²) in [5.41, 5.74) is 0.793. The molecule has 1 aliphatic heterocycles. The maximum atomic E-state index is 6.00. The van der Waals surface area contributed by atoms with Gasteiger partial charge < -0.3 is 15.1 Å². The standard InChI is InChI=1S/C15H15Cl2N5S/c16-11-8-12(17)10-13(9-11)20-15(23)22-6-4-21(5-7-22)14-18-2-1-3-19-14/h1-3,8-10H,4-7H2,(H,20,23). The van der Waals surface area contributed by atoms with Gasteiger partial charge in [-0.2, -0.15) is 0 Å². The van der Waals surface area contributed by atoms with Crippen LogP contribution in [0.3, 0.4) is 0 Å². The van der Waals surface area contributed by atoms with Crippen LogP contribution in [-0.2, 0) is 0 Å². The van der Waals surface area contributed by atoms with E-state index in [0.717, 1.165) is 37.8 Å². The summed E-state index contributed by atoms with van der Waals surface area (Å²) >= 11 is 17.5. The Morgan fingerprint density at radius 1 is 1.00 bits per heavy atom. The number of piperazine rings is 1. The quantitative estimate of drug-likeness (QED) is 0.821. The summed E-state index contributed by atoms with van der Waals surface area (Å²) in [5.74, 6) is 0.757. The first-order valence-electron chi connectivity index (χ1n) is 7.16. The molecular formula is C15H15Cl2N5S. The molecule has 1 aromatic heterocycles. The molecule has 1 aromatic carbocycles. The van der Waals surface area contributed by atoms with Crippen molar-refractivity contribution in [3.8, 4) is 0 Å². The zero-order valence-electron chi connectivity index (χ0n) is 12.2. The van der Waals surface area contributed by atoms with Crippen LogP contribution in [0.4, 0.5) is 11.6 Å². The molecule has 3 rings (SSSR count). The van der Waals surface area contributed by atoms with Crippen LogP contribution in [0, 0.1) is 0 Å². The van der Waals surface area contributed by atoms with Gasteiger partial charge in [0.1, 0.15) is 0 Å². The third kappa shape index (κ3) is 4.22. The van der Waals surface area contributed by atoms with E-state index < -0.39 is 0 Å². The summed E-state index contributed by atoms with van der Waals surface area (Å²) in [4.78, 5) is 12.8. The molecule has 0 saturated carbocycles. The smallest absolute Gasteiger partial charge is 0.225 e. The van der Waals surface area contributed by atoms with Crippen molar-refractivity contribution < 1.29 is 0 Å². The van der Waals surface area contributed by atoms with Gasteiger partial charge in [0, 0.05) is 54.3 Å². The molecule has 1 fully saturated rings. The normalized spacial score (nSPS) is 14.7. The number of thiocarbonyl (C=S) groups is 1. The molecule has 0 radical (unpaired) electrons. The van der Waals surface area contributed by atoms with Crippen molar-refractivity contribution in [1.29, 1.82) is 0 Å². The average Bonchev–Trinajstić information content (AvgIpc) is 2.55. The van der Waals surface area contributed by atoms with Gasteiger partial charge in [-0.1, -0.05) is 23.2 Å². The second-order valence-electron chi connectivity index (χ2n) is 5.11. The Bertz CT molecular complexity index is 669. The van der Waals surface area contributed by atoms with E-state index >= 15 is 0 Å². The lowest BCUT2D eigenvalue weighted by atomic mass is 10.3. The number of halogens is 2. The highest BCUT2D eigenvalue weighted by Crippen LogP contribution is 2.23. The van der Waals surface area contributed by atoms with E-state index in [9.17, 15) is 0 Å². The van der Waals surface area contributed by atoms with Gasteiger partial charge in [0.05, 0.1) is 0 Å². The third-order valence-corrected chi connectivity index (χ3v) is 4.31. The first-order valence-corrected chi connectivity index (χ1v) is 8.32. The summed E-state index contributed by atoms with van der Waals surface area (Å²) in [6.45, 7) is 3.25. The zero-order chi connectivity index (χ0) is 16.2. The SMILES string of the molecule is S=C(Nc1cc(Cl)cc(Cl)c1)N1CCN(c2ncccn2)CC1. The Labute approximate surface area is 150 Å². The van der Waals surface area contributed by atoms with Gasteiger partial charge in [0.2, 0.25) is 5.95 Å². The van der Waals surface area contributed by atoms with Crippen molar-refractivity contribution in [2.24, 2.45) is 0 Å². The fraction of sp³-hybridized carbons (Fsp3) is 0.267. The molecule has 5 nitrogen and oxygen atoms in total. The van der Waals surface area contributed by atoms with E-state index in [4.69, 9.17) is 35.4 Å². The molecular weight excluding hydrogens is 353 g/mol.